The highest BCUT2D eigenvalue weighted by Gasteiger charge is 2.33. The third-order valence-corrected chi connectivity index (χ3v) is 4.17. The van der Waals surface area contributed by atoms with E-state index >= 15 is 0 Å². The summed E-state index contributed by atoms with van der Waals surface area (Å²) >= 11 is 0. The molecule has 1 N–H and O–H groups in total. The van der Waals surface area contributed by atoms with E-state index < -0.39 is 0 Å². The van der Waals surface area contributed by atoms with Crippen LogP contribution in [0.15, 0.2) is 18.6 Å². The maximum Gasteiger partial charge on any atom is 0.144 e. The molecule has 1 saturated heterocycles. The summed E-state index contributed by atoms with van der Waals surface area (Å²) in [5.74, 6) is 1.23. The molecule has 0 saturated carbocycles. The lowest BCUT2D eigenvalue weighted by Crippen LogP contribution is -2.19. The molecule has 1 aliphatic rings. The van der Waals surface area contributed by atoms with E-state index in [-0.39, 0.29) is 6.10 Å². The van der Waals surface area contributed by atoms with E-state index in [1.807, 2.05) is 11.7 Å². The van der Waals surface area contributed by atoms with Gasteiger partial charge in [-0.05, 0) is 20.3 Å². The van der Waals surface area contributed by atoms with Crippen molar-refractivity contribution in [2.75, 3.05) is 18.5 Å². The van der Waals surface area contributed by atoms with Crippen molar-refractivity contribution < 1.29 is 4.74 Å². The molecule has 1 aliphatic heterocycles. The van der Waals surface area contributed by atoms with E-state index in [0.29, 0.717) is 5.92 Å². The molecule has 0 aliphatic carbocycles. The van der Waals surface area contributed by atoms with E-state index in [0.717, 1.165) is 31.1 Å². The lowest BCUT2D eigenvalue weighted by atomic mass is 9.94. The zero-order valence-electron chi connectivity index (χ0n) is 12.7. The first-order valence-corrected chi connectivity index (χ1v) is 7.28. The van der Waals surface area contributed by atoms with Gasteiger partial charge in [-0.1, -0.05) is 0 Å². The number of anilines is 1. The Hall–Kier alpha value is -1.95. The smallest absolute Gasteiger partial charge is 0.144 e. The monoisotopic (exact) mass is 287 g/mol. The molecule has 112 valence electrons. The van der Waals surface area contributed by atoms with Crippen LogP contribution in [0.25, 0.3) is 0 Å². The molecule has 2 atom stereocenters. The highest BCUT2D eigenvalue weighted by atomic mass is 16.5. The van der Waals surface area contributed by atoms with Gasteiger partial charge in [-0.25, -0.2) is 4.98 Å². The van der Waals surface area contributed by atoms with Crippen LogP contribution in [-0.2, 0) is 11.8 Å². The zero-order chi connectivity index (χ0) is 14.8. The third-order valence-electron chi connectivity index (χ3n) is 4.17. The molecule has 0 bridgehead atoms. The first-order chi connectivity index (χ1) is 10.2. The fourth-order valence-electron chi connectivity index (χ4n) is 2.99. The van der Waals surface area contributed by atoms with Crippen molar-refractivity contribution in [3.05, 3.63) is 35.5 Å². The average Bonchev–Trinajstić information content (AvgIpc) is 3.03. The van der Waals surface area contributed by atoms with Gasteiger partial charge in [0.25, 0.3) is 0 Å². The van der Waals surface area contributed by atoms with Gasteiger partial charge in [-0.3, -0.25) is 9.67 Å². The van der Waals surface area contributed by atoms with Crippen molar-refractivity contribution in [1.29, 1.82) is 0 Å². The van der Waals surface area contributed by atoms with Crippen LogP contribution in [-0.4, -0.2) is 32.9 Å². The SMILES string of the molecule is Cc1nn(C)c(C)c1[C@H]1OCC[C@@H]1CNc1cnccn1. The molecule has 6 heteroatoms. The van der Waals surface area contributed by atoms with E-state index in [1.54, 1.807) is 18.6 Å². The van der Waals surface area contributed by atoms with E-state index in [2.05, 4.69) is 34.2 Å². The highest BCUT2D eigenvalue weighted by Crippen LogP contribution is 2.37. The molecule has 0 radical (unpaired) electrons. The molecule has 1 fully saturated rings. The Morgan fingerprint density at radius 3 is 2.90 bits per heavy atom. The average molecular weight is 287 g/mol. The highest BCUT2D eigenvalue weighted by molar-refractivity contribution is 5.32. The van der Waals surface area contributed by atoms with Gasteiger partial charge in [-0.15, -0.1) is 0 Å². The van der Waals surface area contributed by atoms with Crippen LogP contribution in [0.5, 0.6) is 0 Å². The van der Waals surface area contributed by atoms with Crippen LogP contribution in [0, 0.1) is 19.8 Å². The Bertz CT molecular complexity index is 610. The Labute approximate surface area is 124 Å². The minimum atomic E-state index is 0.114. The Morgan fingerprint density at radius 1 is 1.38 bits per heavy atom. The maximum atomic E-state index is 5.99. The summed E-state index contributed by atoms with van der Waals surface area (Å²) in [6.45, 7) is 5.78. The Kier molecular flexibility index (Phi) is 3.88. The second kappa shape index (κ2) is 5.81. The molecule has 0 unspecified atom stereocenters. The fraction of sp³-hybridized carbons (Fsp3) is 0.533. The minimum Gasteiger partial charge on any atom is -0.373 e. The minimum absolute atomic E-state index is 0.114. The fourth-order valence-corrected chi connectivity index (χ4v) is 2.99. The summed E-state index contributed by atoms with van der Waals surface area (Å²) in [7, 11) is 1.98. The quantitative estimate of drug-likeness (QED) is 0.932. The van der Waals surface area contributed by atoms with Crippen molar-refractivity contribution >= 4 is 5.82 Å². The number of ether oxygens (including phenoxy) is 1. The molecular weight excluding hydrogens is 266 g/mol. The normalized spacial score (nSPS) is 21.7. The van der Waals surface area contributed by atoms with Gasteiger partial charge in [0.15, 0.2) is 0 Å². The van der Waals surface area contributed by atoms with Gasteiger partial charge in [0, 0.05) is 49.8 Å². The molecular formula is C15H21N5O. The second-order valence-corrected chi connectivity index (χ2v) is 5.52. The summed E-state index contributed by atoms with van der Waals surface area (Å²) in [5, 5.41) is 7.85. The summed E-state index contributed by atoms with van der Waals surface area (Å²) in [5.41, 5.74) is 3.48. The van der Waals surface area contributed by atoms with Crippen LogP contribution in [0.1, 0.15) is 29.5 Å². The first-order valence-electron chi connectivity index (χ1n) is 7.28. The maximum absolute atomic E-state index is 5.99. The van der Waals surface area contributed by atoms with Crippen molar-refractivity contribution in [3.63, 3.8) is 0 Å². The van der Waals surface area contributed by atoms with Crippen LogP contribution in [0.2, 0.25) is 0 Å². The van der Waals surface area contributed by atoms with Gasteiger partial charge < -0.3 is 10.1 Å². The number of hydrogen-bond donors (Lipinski definition) is 1. The standard InChI is InChI=1S/C15H21N5O/c1-10-14(11(2)20(3)19-10)15-12(4-7-21-15)8-18-13-9-16-5-6-17-13/h5-6,9,12,15H,4,7-8H2,1-3H3,(H,17,18)/t12-,15+/m1/s1. The number of nitrogens with zero attached hydrogens (tertiary/aromatic N) is 4. The number of nitrogens with one attached hydrogen (secondary N) is 1. The van der Waals surface area contributed by atoms with Gasteiger partial charge >= 0.3 is 0 Å². The van der Waals surface area contributed by atoms with Crippen LogP contribution in [0.4, 0.5) is 5.82 Å². The van der Waals surface area contributed by atoms with Gasteiger partial charge in [0.05, 0.1) is 18.0 Å². The largest absolute Gasteiger partial charge is 0.373 e. The summed E-state index contributed by atoms with van der Waals surface area (Å²) in [6, 6.07) is 0. The summed E-state index contributed by atoms with van der Waals surface area (Å²) < 4.78 is 7.92. The number of aromatic nitrogens is 4. The number of hydrogen-bond acceptors (Lipinski definition) is 5. The van der Waals surface area contributed by atoms with Crippen molar-refractivity contribution in [1.82, 2.24) is 19.7 Å². The third kappa shape index (κ3) is 2.76. The molecule has 3 rings (SSSR count). The molecule has 3 heterocycles. The van der Waals surface area contributed by atoms with E-state index in [1.165, 1.54) is 11.3 Å². The molecule has 2 aromatic heterocycles. The topological polar surface area (TPSA) is 64.9 Å². The van der Waals surface area contributed by atoms with Gasteiger partial charge in [0.2, 0.25) is 0 Å². The number of rotatable bonds is 4. The van der Waals surface area contributed by atoms with Gasteiger partial charge in [0.1, 0.15) is 5.82 Å². The first kappa shape index (κ1) is 14.0. The predicted molar refractivity (Wildman–Crippen MR) is 80.0 cm³/mol. The molecule has 0 spiro atoms. The van der Waals surface area contributed by atoms with Crippen molar-refractivity contribution in [2.45, 2.75) is 26.4 Å². The number of aryl methyl sites for hydroxylation is 2. The lowest BCUT2D eigenvalue weighted by molar-refractivity contribution is 0.0922. The van der Waals surface area contributed by atoms with Crippen molar-refractivity contribution in [3.8, 4) is 0 Å². The molecule has 0 aromatic carbocycles. The molecule has 0 amide bonds. The van der Waals surface area contributed by atoms with Crippen LogP contribution < -0.4 is 5.32 Å². The Morgan fingerprint density at radius 2 is 2.24 bits per heavy atom. The molecule has 21 heavy (non-hydrogen) atoms. The Balaban J connectivity index is 1.73. The van der Waals surface area contributed by atoms with E-state index in [4.69, 9.17) is 4.74 Å². The zero-order valence-corrected chi connectivity index (χ0v) is 12.7. The van der Waals surface area contributed by atoms with E-state index in [9.17, 15) is 0 Å². The molecule has 2 aromatic rings. The lowest BCUT2D eigenvalue weighted by Gasteiger charge is -2.20. The molecule has 6 nitrogen and oxygen atoms in total. The summed E-state index contributed by atoms with van der Waals surface area (Å²) in [6.07, 6.45) is 6.27. The van der Waals surface area contributed by atoms with Crippen LogP contribution >= 0.6 is 0 Å². The summed E-state index contributed by atoms with van der Waals surface area (Å²) in [4.78, 5) is 8.31. The second-order valence-electron chi connectivity index (χ2n) is 5.52. The predicted octanol–water partition coefficient (Wildman–Crippen LogP) is 2.02. The van der Waals surface area contributed by atoms with Crippen LogP contribution in [0.3, 0.4) is 0 Å². The van der Waals surface area contributed by atoms with Crippen molar-refractivity contribution in [2.24, 2.45) is 13.0 Å². The van der Waals surface area contributed by atoms with Gasteiger partial charge in [-0.2, -0.15) is 5.10 Å².